The van der Waals surface area contributed by atoms with Gasteiger partial charge in [-0.25, -0.2) is 0 Å². The summed E-state index contributed by atoms with van der Waals surface area (Å²) in [6, 6.07) is 4.52. The third kappa shape index (κ3) is 5.39. The minimum absolute atomic E-state index is 0.0359. The van der Waals surface area contributed by atoms with E-state index in [1.54, 1.807) is 6.07 Å². The number of carbonyl (C=O) groups is 1. The van der Waals surface area contributed by atoms with Crippen LogP contribution >= 0.6 is 0 Å². The van der Waals surface area contributed by atoms with E-state index in [4.69, 9.17) is 4.74 Å². The van der Waals surface area contributed by atoms with Crippen molar-refractivity contribution in [3.05, 3.63) is 33.9 Å². The van der Waals surface area contributed by atoms with Gasteiger partial charge in [-0.05, 0) is 26.1 Å². The van der Waals surface area contributed by atoms with Crippen molar-refractivity contribution in [3.8, 4) is 5.75 Å². The van der Waals surface area contributed by atoms with Crippen LogP contribution in [0.15, 0.2) is 18.2 Å². The second kappa shape index (κ2) is 8.21. The molecular formula is C14H20N2O5. The van der Waals surface area contributed by atoms with Crippen molar-refractivity contribution in [2.45, 2.75) is 19.4 Å². The number of nitro benzene ring substituents is 1. The van der Waals surface area contributed by atoms with Crippen molar-refractivity contribution in [1.82, 2.24) is 4.90 Å². The molecule has 0 amide bonds. The second-order valence-electron chi connectivity index (χ2n) is 4.67. The SMILES string of the molecule is COC(=O)CCCN(C)Cc1cc([N+](=O)[O-])ccc1OC. The molecule has 0 radical (unpaired) electrons. The van der Waals surface area contributed by atoms with E-state index in [1.165, 1.54) is 26.4 Å². The monoisotopic (exact) mass is 296 g/mol. The van der Waals surface area contributed by atoms with Gasteiger partial charge in [-0.1, -0.05) is 0 Å². The molecule has 116 valence electrons. The van der Waals surface area contributed by atoms with E-state index in [9.17, 15) is 14.9 Å². The first-order valence-corrected chi connectivity index (χ1v) is 6.54. The van der Waals surface area contributed by atoms with Gasteiger partial charge in [0.15, 0.2) is 0 Å². The van der Waals surface area contributed by atoms with E-state index in [2.05, 4.69) is 4.74 Å². The Hall–Kier alpha value is -2.15. The molecule has 0 aliphatic rings. The molecule has 7 heteroatoms. The van der Waals surface area contributed by atoms with E-state index in [1.807, 2.05) is 11.9 Å². The molecule has 7 nitrogen and oxygen atoms in total. The molecule has 0 atom stereocenters. The van der Waals surface area contributed by atoms with Gasteiger partial charge in [-0.15, -0.1) is 0 Å². The molecule has 0 saturated carbocycles. The van der Waals surface area contributed by atoms with Crippen LogP contribution in [-0.2, 0) is 16.1 Å². The topological polar surface area (TPSA) is 81.9 Å². The zero-order valence-electron chi connectivity index (χ0n) is 12.5. The molecule has 0 bridgehead atoms. The maximum absolute atomic E-state index is 11.0. The number of benzene rings is 1. The summed E-state index contributed by atoms with van der Waals surface area (Å²) in [4.78, 5) is 23.4. The number of nitro groups is 1. The van der Waals surface area contributed by atoms with Crippen molar-refractivity contribution in [2.24, 2.45) is 0 Å². The second-order valence-corrected chi connectivity index (χ2v) is 4.67. The van der Waals surface area contributed by atoms with Crippen molar-refractivity contribution in [1.29, 1.82) is 0 Å². The lowest BCUT2D eigenvalue weighted by atomic mass is 10.1. The molecule has 0 unspecified atom stereocenters. The Bertz CT molecular complexity index is 504. The summed E-state index contributed by atoms with van der Waals surface area (Å²) in [7, 11) is 4.78. The number of non-ortho nitro benzene ring substituents is 1. The lowest BCUT2D eigenvalue weighted by molar-refractivity contribution is -0.384. The number of methoxy groups -OCH3 is 2. The Morgan fingerprint density at radius 3 is 2.67 bits per heavy atom. The molecule has 0 heterocycles. The Kier molecular flexibility index (Phi) is 6.61. The van der Waals surface area contributed by atoms with Crippen LogP contribution in [0.1, 0.15) is 18.4 Å². The van der Waals surface area contributed by atoms with Crippen molar-refractivity contribution in [2.75, 3.05) is 27.8 Å². The zero-order valence-corrected chi connectivity index (χ0v) is 12.5. The minimum Gasteiger partial charge on any atom is -0.496 e. The van der Waals surface area contributed by atoms with Gasteiger partial charge >= 0.3 is 5.97 Å². The molecule has 1 aromatic rings. The molecule has 0 spiro atoms. The summed E-state index contributed by atoms with van der Waals surface area (Å²) in [6.07, 6.45) is 1.02. The average Bonchev–Trinajstić information content (AvgIpc) is 2.46. The van der Waals surface area contributed by atoms with Gasteiger partial charge in [0.05, 0.1) is 19.1 Å². The molecule has 0 saturated heterocycles. The number of ether oxygens (including phenoxy) is 2. The van der Waals surface area contributed by atoms with Crippen molar-refractivity contribution < 1.29 is 19.2 Å². The van der Waals surface area contributed by atoms with E-state index in [0.29, 0.717) is 31.7 Å². The van der Waals surface area contributed by atoms with Gasteiger partial charge in [0.1, 0.15) is 5.75 Å². The van der Waals surface area contributed by atoms with Crippen LogP contribution in [0.25, 0.3) is 0 Å². The number of esters is 1. The van der Waals surface area contributed by atoms with Crippen LogP contribution in [0, 0.1) is 10.1 Å². The van der Waals surface area contributed by atoms with E-state index in [-0.39, 0.29) is 11.7 Å². The van der Waals surface area contributed by atoms with E-state index in [0.717, 1.165) is 5.56 Å². The number of nitrogens with zero attached hydrogens (tertiary/aromatic N) is 2. The summed E-state index contributed by atoms with van der Waals surface area (Å²) in [5.41, 5.74) is 0.779. The Labute approximate surface area is 123 Å². The predicted octanol–water partition coefficient (Wildman–Crippen LogP) is 1.99. The third-order valence-corrected chi connectivity index (χ3v) is 3.06. The van der Waals surface area contributed by atoms with Gasteiger partial charge in [0.25, 0.3) is 5.69 Å². The molecule has 0 aromatic heterocycles. The highest BCUT2D eigenvalue weighted by Crippen LogP contribution is 2.25. The van der Waals surface area contributed by atoms with Crippen LogP contribution in [-0.4, -0.2) is 43.6 Å². The Morgan fingerprint density at radius 1 is 1.38 bits per heavy atom. The highest BCUT2D eigenvalue weighted by atomic mass is 16.6. The number of hydrogen-bond acceptors (Lipinski definition) is 6. The lowest BCUT2D eigenvalue weighted by Crippen LogP contribution is -2.20. The summed E-state index contributed by atoms with van der Waals surface area (Å²) in [5.74, 6) is 0.372. The van der Waals surface area contributed by atoms with Crippen LogP contribution in [0.3, 0.4) is 0 Å². The fourth-order valence-corrected chi connectivity index (χ4v) is 1.97. The van der Waals surface area contributed by atoms with Gasteiger partial charge in [0.2, 0.25) is 0 Å². The molecule has 21 heavy (non-hydrogen) atoms. The zero-order chi connectivity index (χ0) is 15.8. The van der Waals surface area contributed by atoms with Gasteiger partial charge in [0, 0.05) is 30.7 Å². The molecule has 1 rings (SSSR count). The van der Waals surface area contributed by atoms with Crippen molar-refractivity contribution in [3.63, 3.8) is 0 Å². The Morgan fingerprint density at radius 2 is 2.10 bits per heavy atom. The van der Waals surface area contributed by atoms with Crippen LogP contribution in [0.2, 0.25) is 0 Å². The molecule has 0 fully saturated rings. The van der Waals surface area contributed by atoms with Crippen LogP contribution in [0.5, 0.6) is 5.75 Å². The van der Waals surface area contributed by atoms with Gasteiger partial charge in [-0.2, -0.15) is 0 Å². The maximum atomic E-state index is 11.0. The highest BCUT2D eigenvalue weighted by molar-refractivity contribution is 5.69. The first-order valence-electron chi connectivity index (χ1n) is 6.54. The number of hydrogen-bond donors (Lipinski definition) is 0. The molecule has 0 aliphatic heterocycles. The van der Waals surface area contributed by atoms with E-state index >= 15 is 0 Å². The largest absolute Gasteiger partial charge is 0.496 e. The first-order chi connectivity index (χ1) is 9.97. The summed E-state index contributed by atoms with van der Waals surface area (Å²) < 4.78 is 9.79. The lowest BCUT2D eigenvalue weighted by Gasteiger charge is -2.18. The first kappa shape index (κ1) is 16.9. The van der Waals surface area contributed by atoms with Gasteiger partial charge in [-0.3, -0.25) is 14.9 Å². The predicted molar refractivity (Wildman–Crippen MR) is 77.2 cm³/mol. The number of carbonyl (C=O) groups excluding carboxylic acids is 1. The maximum Gasteiger partial charge on any atom is 0.305 e. The van der Waals surface area contributed by atoms with Crippen molar-refractivity contribution >= 4 is 11.7 Å². The minimum atomic E-state index is -0.430. The fraction of sp³-hybridized carbons (Fsp3) is 0.500. The summed E-state index contributed by atoms with van der Waals surface area (Å²) in [6.45, 7) is 1.19. The molecular weight excluding hydrogens is 276 g/mol. The molecule has 0 N–H and O–H groups in total. The third-order valence-electron chi connectivity index (χ3n) is 3.06. The Balaban J connectivity index is 2.65. The van der Waals surface area contributed by atoms with E-state index < -0.39 is 4.92 Å². The standard InChI is InChI=1S/C14H20N2O5/c1-15(8-4-5-14(17)21-3)10-11-9-12(16(18)19)6-7-13(11)20-2/h6-7,9H,4-5,8,10H2,1-3H3. The quantitative estimate of drug-likeness (QED) is 0.414. The van der Waals surface area contributed by atoms with Gasteiger partial charge < -0.3 is 14.4 Å². The smallest absolute Gasteiger partial charge is 0.305 e. The normalized spacial score (nSPS) is 10.5. The fourth-order valence-electron chi connectivity index (χ4n) is 1.97. The molecule has 1 aromatic carbocycles. The summed E-state index contributed by atoms with van der Waals surface area (Å²) >= 11 is 0. The average molecular weight is 296 g/mol. The van der Waals surface area contributed by atoms with Crippen LogP contribution < -0.4 is 4.74 Å². The highest BCUT2D eigenvalue weighted by Gasteiger charge is 2.13. The summed E-state index contributed by atoms with van der Waals surface area (Å²) in [5, 5.41) is 10.8. The molecule has 0 aliphatic carbocycles. The number of rotatable bonds is 8. The van der Waals surface area contributed by atoms with Crippen LogP contribution in [0.4, 0.5) is 5.69 Å².